The van der Waals surface area contributed by atoms with Crippen LogP contribution >= 0.6 is 0 Å². The van der Waals surface area contributed by atoms with Gasteiger partial charge in [0.15, 0.2) is 0 Å². The first kappa shape index (κ1) is 13.6. The van der Waals surface area contributed by atoms with Crippen LogP contribution < -0.4 is 4.46 Å². The van der Waals surface area contributed by atoms with Crippen LogP contribution in [0, 0.1) is 0 Å². The van der Waals surface area contributed by atoms with Gasteiger partial charge in [0.1, 0.15) is 0 Å². The Hall–Kier alpha value is -0.791. The molecule has 1 aromatic rings. The SMILES string of the molecule is CCC([Se]c1ccccc1)C(=O)N1CCCC1C. The summed E-state index contributed by atoms with van der Waals surface area (Å²) in [5.41, 5.74) is 0. The van der Waals surface area contributed by atoms with Crippen LogP contribution in [-0.2, 0) is 4.79 Å². The summed E-state index contributed by atoms with van der Waals surface area (Å²) < 4.78 is 1.33. The summed E-state index contributed by atoms with van der Waals surface area (Å²) in [6.07, 6.45) is 3.29. The Morgan fingerprint density at radius 2 is 2.17 bits per heavy atom. The second-order valence-electron chi connectivity index (χ2n) is 4.85. The van der Waals surface area contributed by atoms with Crippen molar-refractivity contribution < 1.29 is 4.79 Å². The predicted octanol–water partition coefficient (Wildman–Crippen LogP) is 2.23. The Labute approximate surface area is 116 Å². The van der Waals surface area contributed by atoms with Gasteiger partial charge >= 0.3 is 116 Å². The number of carbonyl (C=O) groups excluding carboxylic acids is 1. The minimum atomic E-state index is 0.209. The first-order valence-electron chi connectivity index (χ1n) is 6.74. The first-order valence-corrected chi connectivity index (χ1v) is 8.59. The second-order valence-corrected chi connectivity index (χ2v) is 7.53. The van der Waals surface area contributed by atoms with Crippen LogP contribution in [0.15, 0.2) is 30.3 Å². The molecule has 2 nitrogen and oxygen atoms in total. The number of likely N-dealkylation sites (tertiary alicyclic amines) is 1. The van der Waals surface area contributed by atoms with Crippen LogP contribution in [-0.4, -0.2) is 38.4 Å². The zero-order chi connectivity index (χ0) is 13.0. The molecule has 0 N–H and O–H groups in total. The summed E-state index contributed by atoms with van der Waals surface area (Å²) in [7, 11) is 0. The van der Waals surface area contributed by atoms with Gasteiger partial charge in [-0.25, -0.2) is 0 Å². The molecule has 18 heavy (non-hydrogen) atoms. The van der Waals surface area contributed by atoms with Gasteiger partial charge in [0.25, 0.3) is 0 Å². The van der Waals surface area contributed by atoms with E-state index >= 15 is 0 Å². The maximum absolute atomic E-state index is 12.5. The minimum absolute atomic E-state index is 0.209. The van der Waals surface area contributed by atoms with Gasteiger partial charge in [-0.05, 0) is 0 Å². The molecule has 2 rings (SSSR count). The van der Waals surface area contributed by atoms with E-state index in [1.54, 1.807) is 0 Å². The molecule has 1 aliphatic heterocycles. The van der Waals surface area contributed by atoms with Gasteiger partial charge < -0.3 is 0 Å². The standard InChI is InChI=1S/C15H21NOSe/c1-3-14(18-13-9-5-4-6-10-13)15(17)16-11-7-8-12(16)2/h4-6,9-10,12,14H,3,7-8,11H2,1-2H3. The summed E-state index contributed by atoms with van der Waals surface area (Å²) in [6, 6.07) is 10.9. The van der Waals surface area contributed by atoms with E-state index in [0.717, 1.165) is 13.0 Å². The Balaban J connectivity index is 2.02. The molecule has 3 heteroatoms. The molecule has 1 aromatic carbocycles. The van der Waals surface area contributed by atoms with Crippen LogP contribution in [0.1, 0.15) is 33.1 Å². The number of hydrogen-bond acceptors (Lipinski definition) is 1. The van der Waals surface area contributed by atoms with Crippen molar-refractivity contribution >= 4 is 25.3 Å². The molecule has 0 aliphatic carbocycles. The van der Waals surface area contributed by atoms with E-state index in [1.165, 1.54) is 17.3 Å². The number of hydrogen-bond donors (Lipinski definition) is 0. The van der Waals surface area contributed by atoms with E-state index < -0.39 is 0 Å². The van der Waals surface area contributed by atoms with Crippen molar-refractivity contribution in [2.75, 3.05) is 6.54 Å². The second kappa shape index (κ2) is 6.40. The quantitative estimate of drug-likeness (QED) is 0.781. The van der Waals surface area contributed by atoms with E-state index in [4.69, 9.17) is 0 Å². The van der Waals surface area contributed by atoms with Crippen molar-refractivity contribution in [3.05, 3.63) is 30.3 Å². The van der Waals surface area contributed by atoms with Crippen LogP contribution in [0.4, 0.5) is 0 Å². The van der Waals surface area contributed by atoms with Crippen LogP contribution in [0.5, 0.6) is 0 Å². The molecule has 0 saturated carbocycles. The topological polar surface area (TPSA) is 20.3 Å². The zero-order valence-electron chi connectivity index (χ0n) is 11.1. The Bertz CT molecular complexity index is 393. The van der Waals surface area contributed by atoms with Gasteiger partial charge in [0.2, 0.25) is 0 Å². The number of carbonyl (C=O) groups is 1. The average Bonchev–Trinajstić information content (AvgIpc) is 2.82. The molecule has 0 radical (unpaired) electrons. The summed E-state index contributed by atoms with van der Waals surface area (Å²) >= 11 is 0.259. The molecule has 1 heterocycles. The average molecular weight is 310 g/mol. The van der Waals surface area contributed by atoms with Gasteiger partial charge in [-0.15, -0.1) is 0 Å². The number of amides is 1. The van der Waals surface area contributed by atoms with Crippen LogP contribution in [0.3, 0.4) is 0 Å². The summed E-state index contributed by atoms with van der Waals surface area (Å²) in [6.45, 7) is 5.27. The molecule has 1 saturated heterocycles. The van der Waals surface area contributed by atoms with Gasteiger partial charge in [0, 0.05) is 0 Å². The van der Waals surface area contributed by atoms with Gasteiger partial charge in [0.05, 0.1) is 0 Å². The Morgan fingerprint density at radius 1 is 1.44 bits per heavy atom. The molecule has 2 unspecified atom stereocenters. The third-order valence-corrected chi connectivity index (χ3v) is 6.37. The van der Waals surface area contributed by atoms with E-state index in [0.29, 0.717) is 11.9 Å². The Kier molecular flexibility index (Phi) is 4.85. The molecule has 2 atom stereocenters. The molecule has 1 amide bonds. The molecule has 0 bridgehead atoms. The van der Waals surface area contributed by atoms with Crippen molar-refractivity contribution in [3.8, 4) is 0 Å². The van der Waals surface area contributed by atoms with E-state index in [-0.39, 0.29) is 19.8 Å². The summed E-state index contributed by atoms with van der Waals surface area (Å²) in [5, 5.41) is 0. The maximum atomic E-state index is 12.5. The van der Waals surface area contributed by atoms with Crippen LogP contribution in [0.25, 0.3) is 0 Å². The van der Waals surface area contributed by atoms with Crippen molar-refractivity contribution in [1.82, 2.24) is 4.90 Å². The fourth-order valence-electron chi connectivity index (χ4n) is 2.42. The third kappa shape index (κ3) is 3.15. The number of benzene rings is 1. The van der Waals surface area contributed by atoms with Crippen LogP contribution in [0.2, 0.25) is 4.82 Å². The van der Waals surface area contributed by atoms with Crippen molar-refractivity contribution in [2.45, 2.75) is 44.0 Å². The van der Waals surface area contributed by atoms with Crippen molar-refractivity contribution in [2.24, 2.45) is 0 Å². The summed E-state index contributed by atoms with van der Waals surface area (Å²) in [4.78, 5) is 14.8. The van der Waals surface area contributed by atoms with E-state index in [1.807, 2.05) is 6.07 Å². The van der Waals surface area contributed by atoms with Gasteiger partial charge in [-0.1, -0.05) is 0 Å². The monoisotopic (exact) mass is 311 g/mol. The predicted molar refractivity (Wildman–Crippen MR) is 76.3 cm³/mol. The van der Waals surface area contributed by atoms with Gasteiger partial charge in [-0.3, -0.25) is 0 Å². The van der Waals surface area contributed by atoms with E-state index in [9.17, 15) is 4.79 Å². The van der Waals surface area contributed by atoms with E-state index in [2.05, 4.69) is 43.0 Å². The fourth-order valence-corrected chi connectivity index (χ4v) is 4.61. The molecule has 1 aliphatic rings. The molecular weight excluding hydrogens is 289 g/mol. The van der Waals surface area contributed by atoms with Gasteiger partial charge in [-0.2, -0.15) is 0 Å². The third-order valence-electron chi connectivity index (χ3n) is 3.50. The number of rotatable bonds is 4. The fraction of sp³-hybridized carbons (Fsp3) is 0.533. The first-order chi connectivity index (χ1) is 8.72. The molecule has 0 aromatic heterocycles. The molecule has 1 fully saturated rings. The zero-order valence-corrected chi connectivity index (χ0v) is 12.8. The molecule has 0 spiro atoms. The van der Waals surface area contributed by atoms with Crippen molar-refractivity contribution in [3.63, 3.8) is 0 Å². The molecular formula is C15H21NOSe. The summed E-state index contributed by atoms with van der Waals surface area (Å²) in [5.74, 6) is 0.381. The Morgan fingerprint density at radius 3 is 2.72 bits per heavy atom. The van der Waals surface area contributed by atoms with Crippen molar-refractivity contribution in [1.29, 1.82) is 0 Å². The normalized spacial score (nSPS) is 21.0. The number of nitrogens with zero attached hydrogens (tertiary/aromatic N) is 1. The molecule has 98 valence electrons.